The van der Waals surface area contributed by atoms with Gasteiger partial charge in [0.1, 0.15) is 6.23 Å². The van der Waals surface area contributed by atoms with E-state index in [1.165, 1.54) is 22.9 Å². The number of nitrogens with zero attached hydrogens (tertiary/aromatic N) is 3. The highest BCUT2D eigenvalue weighted by Gasteiger charge is 2.40. The molecule has 0 saturated carbocycles. The molecule has 1 saturated heterocycles. The Morgan fingerprint density at radius 3 is 2.43 bits per heavy atom. The first-order valence-electron chi connectivity index (χ1n) is 18.7. The molecule has 2 aromatic rings. The van der Waals surface area contributed by atoms with Gasteiger partial charge in [0, 0.05) is 61.6 Å². The van der Waals surface area contributed by atoms with Gasteiger partial charge < -0.3 is 24.4 Å². The molecule has 14 nitrogen and oxygen atoms in total. The van der Waals surface area contributed by atoms with E-state index in [0.29, 0.717) is 37.2 Å². The number of hydrogen-bond donors (Lipinski definition) is 3. The summed E-state index contributed by atoms with van der Waals surface area (Å²) in [6.07, 6.45) is 7.32. The molecular weight excluding hydrogens is 731 g/mol. The van der Waals surface area contributed by atoms with E-state index in [-0.39, 0.29) is 60.1 Å². The van der Waals surface area contributed by atoms with Crippen LogP contribution < -0.4 is 21.9 Å². The Hall–Kier alpha value is -3.64. The second-order valence-corrected chi connectivity index (χ2v) is 15.8. The van der Waals surface area contributed by atoms with Gasteiger partial charge in [-0.3, -0.25) is 28.7 Å². The van der Waals surface area contributed by atoms with E-state index >= 15 is 0 Å². The molecule has 1 aliphatic rings. The number of thioether (sulfide) groups is 1. The lowest BCUT2D eigenvalue weighted by molar-refractivity contribution is -0.120. The van der Waals surface area contributed by atoms with Crippen LogP contribution in [0.15, 0.2) is 52.2 Å². The summed E-state index contributed by atoms with van der Waals surface area (Å²) in [4.78, 5) is 64.6. The van der Waals surface area contributed by atoms with Crippen LogP contribution >= 0.6 is 20.3 Å². The van der Waals surface area contributed by atoms with Crippen molar-refractivity contribution in [2.75, 3.05) is 25.4 Å². The quantitative estimate of drug-likeness (QED) is 0.0717. The predicted octanol–water partition coefficient (Wildman–Crippen LogP) is 5.66. The fraction of sp³-hybridized carbons (Fsp3) is 0.579. The summed E-state index contributed by atoms with van der Waals surface area (Å²) in [5.74, 6) is -0.0284. The number of ether oxygens (including phenoxy) is 1. The second kappa shape index (κ2) is 24.0. The SMILES string of the molecule is CC[C@H]1O[C@@H](n2cc(/C=C/C(=O)NCCCCCCNC(=O)CCSC(=O)c3ccccc3)c(=O)[nH]c2=O)C[C@H]1OP(OCCC#N)N(C(C)C)C(C)C. The Morgan fingerprint density at radius 2 is 1.78 bits per heavy atom. The number of amides is 2. The van der Waals surface area contributed by atoms with E-state index in [2.05, 4.69) is 54.1 Å². The number of aromatic amines is 1. The second-order valence-electron chi connectivity index (χ2n) is 13.4. The van der Waals surface area contributed by atoms with Gasteiger partial charge in [-0.25, -0.2) is 9.46 Å². The number of benzene rings is 1. The predicted molar refractivity (Wildman–Crippen MR) is 212 cm³/mol. The lowest BCUT2D eigenvalue weighted by atomic mass is 10.1. The van der Waals surface area contributed by atoms with Crippen molar-refractivity contribution in [1.82, 2.24) is 24.9 Å². The smallest absolute Gasteiger partial charge is 0.330 e. The molecule has 3 N–H and O–H groups in total. The number of unbranched alkanes of at least 4 members (excludes halogenated alkanes) is 3. The first-order valence-corrected chi connectivity index (χ1v) is 20.8. The molecule has 3 rings (SSSR count). The topological polar surface area (TPSA) is 185 Å². The van der Waals surface area contributed by atoms with Crippen LogP contribution in [-0.4, -0.2) is 80.9 Å². The van der Waals surface area contributed by atoms with Gasteiger partial charge in [0.05, 0.1) is 36.9 Å². The Kier molecular flexibility index (Phi) is 19.9. The van der Waals surface area contributed by atoms with Gasteiger partial charge in [0.25, 0.3) is 14.1 Å². The number of nitriles is 1. The summed E-state index contributed by atoms with van der Waals surface area (Å²) in [5.41, 5.74) is -0.499. The number of nitrogens with one attached hydrogen (secondary N) is 3. The van der Waals surface area contributed by atoms with Crippen LogP contribution in [0.25, 0.3) is 6.08 Å². The maximum atomic E-state index is 12.9. The van der Waals surface area contributed by atoms with E-state index in [0.717, 1.165) is 37.4 Å². The molecule has 4 atom stereocenters. The minimum Gasteiger partial charge on any atom is -0.356 e. The molecule has 296 valence electrons. The van der Waals surface area contributed by atoms with Crippen molar-refractivity contribution >= 4 is 43.3 Å². The molecule has 1 aromatic heterocycles. The summed E-state index contributed by atoms with van der Waals surface area (Å²) in [5, 5.41) is 14.7. The van der Waals surface area contributed by atoms with Crippen LogP contribution in [0.1, 0.15) is 108 Å². The zero-order chi connectivity index (χ0) is 39.5. The van der Waals surface area contributed by atoms with Crippen LogP contribution in [0.3, 0.4) is 0 Å². The molecule has 0 spiro atoms. The molecule has 16 heteroatoms. The molecule has 1 fully saturated rings. The number of carbonyl (C=O) groups excluding carboxylic acids is 3. The molecule has 0 bridgehead atoms. The maximum absolute atomic E-state index is 12.9. The lowest BCUT2D eigenvalue weighted by Gasteiger charge is -2.37. The third kappa shape index (κ3) is 14.9. The van der Waals surface area contributed by atoms with Crippen molar-refractivity contribution in [2.24, 2.45) is 0 Å². The van der Waals surface area contributed by atoms with E-state index < -0.39 is 32.1 Å². The number of H-pyrrole nitrogens is 1. The summed E-state index contributed by atoms with van der Waals surface area (Å²) in [6, 6.07) is 11.3. The van der Waals surface area contributed by atoms with Crippen LogP contribution in [0.4, 0.5) is 0 Å². The van der Waals surface area contributed by atoms with Crippen molar-refractivity contribution < 1.29 is 28.2 Å². The molecule has 1 unspecified atom stereocenters. The molecule has 2 amide bonds. The Morgan fingerprint density at radius 1 is 1.09 bits per heavy atom. The Bertz CT molecular complexity index is 1670. The number of carbonyl (C=O) groups is 3. The Labute approximate surface area is 323 Å². The highest BCUT2D eigenvalue weighted by atomic mass is 32.2. The first-order chi connectivity index (χ1) is 25.9. The number of hydrogen-bond acceptors (Lipinski definition) is 11. The van der Waals surface area contributed by atoms with Crippen molar-refractivity contribution in [1.29, 1.82) is 5.26 Å². The zero-order valence-electron chi connectivity index (χ0n) is 32.0. The molecule has 1 aromatic carbocycles. The zero-order valence-corrected chi connectivity index (χ0v) is 33.7. The maximum Gasteiger partial charge on any atom is 0.330 e. The Balaban J connectivity index is 1.43. The molecule has 54 heavy (non-hydrogen) atoms. The van der Waals surface area contributed by atoms with Gasteiger partial charge >= 0.3 is 5.69 Å². The van der Waals surface area contributed by atoms with Crippen molar-refractivity contribution in [2.45, 2.75) is 117 Å². The van der Waals surface area contributed by atoms with Gasteiger partial charge in [0.2, 0.25) is 16.9 Å². The van der Waals surface area contributed by atoms with Gasteiger partial charge in [-0.2, -0.15) is 5.26 Å². The minimum absolute atomic E-state index is 0.0444. The van der Waals surface area contributed by atoms with Crippen molar-refractivity contribution in [3.05, 3.63) is 74.6 Å². The third-order valence-corrected chi connectivity index (χ3v) is 11.5. The van der Waals surface area contributed by atoms with Crippen LogP contribution in [-0.2, 0) is 23.4 Å². The molecule has 1 aliphatic heterocycles. The van der Waals surface area contributed by atoms with E-state index in [9.17, 15) is 24.0 Å². The van der Waals surface area contributed by atoms with E-state index in [1.807, 2.05) is 25.1 Å². The van der Waals surface area contributed by atoms with Gasteiger partial charge in [-0.05, 0) is 53.0 Å². The molecule has 0 radical (unpaired) electrons. The van der Waals surface area contributed by atoms with Crippen molar-refractivity contribution in [3.63, 3.8) is 0 Å². The number of rotatable bonds is 23. The minimum atomic E-state index is -1.52. The summed E-state index contributed by atoms with van der Waals surface area (Å²) < 4.78 is 22.3. The largest absolute Gasteiger partial charge is 0.356 e. The normalized spacial score (nSPS) is 17.6. The third-order valence-electron chi connectivity index (χ3n) is 8.49. The van der Waals surface area contributed by atoms with Gasteiger partial charge in [0.15, 0.2) is 0 Å². The highest BCUT2D eigenvalue weighted by molar-refractivity contribution is 8.14. The standard InChI is InChI=1S/C38H55N6O8PS/c1-6-31-32(52-53(50-23-14-20-39)44(27(2)3)28(4)5)25-35(51-31)43-26-30(36(47)42-38(43)49)17-18-33(45)40-21-12-7-8-13-22-41-34(46)19-24-54-37(48)29-15-10-9-11-16-29/h9-11,15-18,26-28,31-32,35H,6-8,12-14,19,21-25H2,1-5H3,(H,40,45)(H,41,46)(H,42,47,49)/b18-17+/t31-,32-,35-,53?/m1/s1. The van der Waals surface area contributed by atoms with Gasteiger partial charge in [-0.1, -0.05) is 61.9 Å². The molecule has 2 heterocycles. The lowest BCUT2D eigenvalue weighted by Crippen LogP contribution is -2.35. The monoisotopic (exact) mass is 786 g/mol. The average Bonchev–Trinajstić information content (AvgIpc) is 3.54. The fourth-order valence-corrected chi connectivity index (χ4v) is 8.37. The summed E-state index contributed by atoms with van der Waals surface area (Å²) in [6.45, 7) is 11.4. The van der Waals surface area contributed by atoms with E-state index in [1.54, 1.807) is 12.1 Å². The average molecular weight is 787 g/mol. The number of aromatic nitrogens is 2. The van der Waals surface area contributed by atoms with Crippen molar-refractivity contribution in [3.8, 4) is 6.07 Å². The highest BCUT2D eigenvalue weighted by Crippen LogP contribution is 2.50. The first kappa shape index (κ1) is 44.8. The van der Waals surface area contributed by atoms with E-state index in [4.69, 9.17) is 19.0 Å². The fourth-order valence-electron chi connectivity index (χ4n) is 5.84. The van der Waals surface area contributed by atoms with Crippen LogP contribution in [0, 0.1) is 11.3 Å². The summed E-state index contributed by atoms with van der Waals surface area (Å²) >= 11 is 1.14. The summed E-state index contributed by atoms with van der Waals surface area (Å²) in [7, 11) is -1.52. The van der Waals surface area contributed by atoms with Gasteiger partial charge in [-0.15, -0.1) is 0 Å². The molecular formula is C38H55N6O8PS. The molecule has 0 aliphatic carbocycles. The van der Waals surface area contributed by atoms with Crippen LogP contribution in [0.5, 0.6) is 0 Å². The van der Waals surface area contributed by atoms with Crippen LogP contribution in [0.2, 0.25) is 0 Å².